The van der Waals surface area contributed by atoms with Gasteiger partial charge in [-0.05, 0) is 12.5 Å². The van der Waals surface area contributed by atoms with E-state index in [9.17, 15) is 4.79 Å². The SMILES string of the molecule is C=CCO[C@@H]1[C@@H](OC(C)=O)[C@@H](OC(=N)C(Cl)(Cl)Cl)O[C@H](C)[C@H]1OCc1ccccc1. The first kappa shape index (κ1) is 24.9. The van der Waals surface area contributed by atoms with Crippen molar-refractivity contribution in [2.24, 2.45) is 0 Å². The van der Waals surface area contributed by atoms with Gasteiger partial charge in [0.25, 0.3) is 3.79 Å². The summed E-state index contributed by atoms with van der Waals surface area (Å²) < 4.78 is 26.4. The number of rotatable bonds is 8. The van der Waals surface area contributed by atoms with E-state index in [-0.39, 0.29) is 13.2 Å². The zero-order chi connectivity index (χ0) is 22.3. The fourth-order valence-electron chi connectivity index (χ4n) is 2.93. The van der Waals surface area contributed by atoms with E-state index < -0.39 is 46.4 Å². The Bertz CT molecular complexity index is 727. The van der Waals surface area contributed by atoms with Crippen LogP contribution in [0.15, 0.2) is 43.0 Å². The van der Waals surface area contributed by atoms with Crippen molar-refractivity contribution in [2.75, 3.05) is 6.61 Å². The molecule has 1 N–H and O–H groups in total. The minimum absolute atomic E-state index is 0.162. The Hall–Kier alpha value is -1.35. The van der Waals surface area contributed by atoms with E-state index in [1.54, 1.807) is 13.0 Å². The second-order valence-corrected chi connectivity index (χ2v) is 8.86. The smallest absolute Gasteiger partial charge is 0.303 e. The van der Waals surface area contributed by atoms with Crippen LogP contribution in [0.1, 0.15) is 19.4 Å². The molecular formula is C20H24Cl3NO6. The molecule has 0 unspecified atom stereocenters. The molecule has 1 aromatic rings. The number of nitrogens with one attached hydrogen (secondary N) is 1. The van der Waals surface area contributed by atoms with E-state index in [0.29, 0.717) is 0 Å². The first-order chi connectivity index (χ1) is 14.1. The van der Waals surface area contributed by atoms with E-state index in [4.69, 9.17) is 63.9 Å². The molecule has 166 valence electrons. The zero-order valence-corrected chi connectivity index (χ0v) is 18.8. The summed E-state index contributed by atoms with van der Waals surface area (Å²) in [5, 5.41) is 7.84. The third kappa shape index (κ3) is 7.11. The van der Waals surface area contributed by atoms with E-state index in [1.807, 2.05) is 30.3 Å². The third-order valence-electron chi connectivity index (χ3n) is 4.21. The second-order valence-electron chi connectivity index (χ2n) is 6.58. The maximum atomic E-state index is 11.7. The minimum atomic E-state index is -2.11. The van der Waals surface area contributed by atoms with Crippen LogP contribution in [-0.2, 0) is 35.1 Å². The van der Waals surface area contributed by atoms with Gasteiger partial charge in [-0.25, -0.2) is 0 Å². The van der Waals surface area contributed by atoms with Gasteiger partial charge in [0.05, 0.1) is 19.3 Å². The van der Waals surface area contributed by atoms with Crippen molar-refractivity contribution >= 4 is 46.7 Å². The van der Waals surface area contributed by atoms with Crippen LogP contribution in [0.4, 0.5) is 0 Å². The summed E-state index contributed by atoms with van der Waals surface area (Å²) in [6.45, 7) is 7.08. The first-order valence-corrected chi connectivity index (χ1v) is 10.3. The number of carbonyl (C=O) groups is 1. The van der Waals surface area contributed by atoms with Crippen molar-refractivity contribution in [1.82, 2.24) is 0 Å². The number of hydrogen-bond donors (Lipinski definition) is 1. The Labute approximate surface area is 190 Å². The summed E-state index contributed by atoms with van der Waals surface area (Å²) in [6.07, 6.45) is -2.71. The fraction of sp³-hybridized carbons (Fsp3) is 0.500. The number of hydrogen-bond acceptors (Lipinski definition) is 7. The lowest BCUT2D eigenvalue weighted by Crippen LogP contribution is -2.61. The van der Waals surface area contributed by atoms with Gasteiger partial charge >= 0.3 is 5.97 Å². The lowest BCUT2D eigenvalue weighted by Gasteiger charge is -2.44. The normalized spacial score (nSPS) is 26.6. The molecule has 0 bridgehead atoms. The quantitative estimate of drug-likeness (QED) is 0.197. The van der Waals surface area contributed by atoms with Gasteiger partial charge in [0.15, 0.2) is 6.10 Å². The summed E-state index contributed by atoms with van der Waals surface area (Å²) in [5.74, 6) is -1.27. The molecule has 10 heteroatoms. The number of benzene rings is 1. The van der Waals surface area contributed by atoms with Gasteiger partial charge in [0.2, 0.25) is 12.2 Å². The van der Waals surface area contributed by atoms with Crippen molar-refractivity contribution in [3.05, 3.63) is 48.6 Å². The van der Waals surface area contributed by atoms with Gasteiger partial charge in [0, 0.05) is 6.92 Å². The van der Waals surface area contributed by atoms with Crippen LogP contribution in [0, 0.1) is 5.41 Å². The van der Waals surface area contributed by atoms with Crippen LogP contribution >= 0.6 is 34.8 Å². The molecule has 0 spiro atoms. The zero-order valence-electron chi connectivity index (χ0n) is 16.6. The molecule has 1 saturated heterocycles. The molecule has 2 rings (SSSR count). The van der Waals surface area contributed by atoms with E-state index in [0.717, 1.165) is 5.56 Å². The molecule has 0 amide bonds. The molecule has 30 heavy (non-hydrogen) atoms. The molecule has 1 aliphatic rings. The average Bonchev–Trinajstić information content (AvgIpc) is 2.67. The monoisotopic (exact) mass is 479 g/mol. The molecule has 7 nitrogen and oxygen atoms in total. The number of alkyl halides is 3. The van der Waals surface area contributed by atoms with Gasteiger partial charge in [0.1, 0.15) is 12.2 Å². The van der Waals surface area contributed by atoms with Crippen LogP contribution in [-0.4, -0.2) is 53.0 Å². The Balaban J connectivity index is 2.26. The van der Waals surface area contributed by atoms with Crippen LogP contribution < -0.4 is 0 Å². The topological polar surface area (TPSA) is 87.1 Å². The molecule has 1 aliphatic heterocycles. The molecule has 1 heterocycles. The van der Waals surface area contributed by atoms with E-state index in [2.05, 4.69) is 6.58 Å². The first-order valence-electron chi connectivity index (χ1n) is 9.16. The summed E-state index contributed by atoms with van der Waals surface area (Å²) in [4.78, 5) is 11.7. The van der Waals surface area contributed by atoms with Crippen LogP contribution in [0.3, 0.4) is 0 Å². The van der Waals surface area contributed by atoms with Crippen LogP contribution in [0.25, 0.3) is 0 Å². The summed E-state index contributed by atoms with van der Waals surface area (Å²) in [6, 6.07) is 9.56. The van der Waals surface area contributed by atoms with Crippen molar-refractivity contribution in [3.8, 4) is 0 Å². The maximum Gasteiger partial charge on any atom is 0.303 e. The number of carbonyl (C=O) groups excluding carboxylic acids is 1. The van der Waals surface area contributed by atoms with Crippen LogP contribution in [0.2, 0.25) is 0 Å². The lowest BCUT2D eigenvalue weighted by atomic mass is 9.98. The molecule has 1 aromatic carbocycles. The molecule has 5 atom stereocenters. The van der Waals surface area contributed by atoms with Crippen molar-refractivity contribution in [3.63, 3.8) is 0 Å². The molecule has 0 saturated carbocycles. The molecule has 0 aromatic heterocycles. The summed E-state index contributed by atoms with van der Waals surface area (Å²) in [7, 11) is 0. The van der Waals surface area contributed by atoms with E-state index >= 15 is 0 Å². The summed E-state index contributed by atoms with van der Waals surface area (Å²) >= 11 is 17.1. The van der Waals surface area contributed by atoms with Gasteiger partial charge < -0.3 is 23.7 Å². The third-order valence-corrected chi connectivity index (χ3v) is 4.73. The predicted octanol–water partition coefficient (Wildman–Crippen LogP) is 4.18. The Morgan fingerprint density at radius 3 is 2.40 bits per heavy atom. The van der Waals surface area contributed by atoms with Gasteiger partial charge in [-0.3, -0.25) is 10.2 Å². The van der Waals surface area contributed by atoms with E-state index in [1.165, 1.54) is 6.92 Å². The summed E-state index contributed by atoms with van der Waals surface area (Å²) in [5.41, 5.74) is 0.951. The highest BCUT2D eigenvalue weighted by Crippen LogP contribution is 2.33. The van der Waals surface area contributed by atoms with Crippen molar-refractivity contribution < 1.29 is 28.5 Å². The molecule has 0 aliphatic carbocycles. The number of halogens is 3. The largest absolute Gasteiger partial charge is 0.453 e. The van der Waals surface area contributed by atoms with Crippen LogP contribution in [0.5, 0.6) is 0 Å². The Morgan fingerprint density at radius 2 is 1.83 bits per heavy atom. The Morgan fingerprint density at radius 1 is 1.17 bits per heavy atom. The predicted molar refractivity (Wildman–Crippen MR) is 114 cm³/mol. The highest BCUT2D eigenvalue weighted by atomic mass is 35.6. The van der Waals surface area contributed by atoms with Crippen molar-refractivity contribution in [1.29, 1.82) is 5.41 Å². The lowest BCUT2D eigenvalue weighted by molar-refractivity contribution is -0.293. The molecule has 0 radical (unpaired) electrons. The number of esters is 1. The molecular weight excluding hydrogens is 457 g/mol. The molecule has 1 fully saturated rings. The van der Waals surface area contributed by atoms with Crippen molar-refractivity contribution in [2.45, 2.75) is 55.0 Å². The average molecular weight is 481 g/mol. The highest BCUT2D eigenvalue weighted by Gasteiger charge is 2.50. The van der Waals surface area contributed by atoms with Gasteiger partial charge in [-0.1, -0.05) is 71.2 Å². The highest BCUT2D eigenvalue weighted by molar-refractivity contribution is 6.76. The minimum Gasteiger partial charge on any atom is -0.453 e. The second kappa shape index (κ2) is 11.3. The van der Waals surface area contributed by atoms with Gasteiger partial charge in [-0.2, -0.15) is 0 Å². The van der Waals surface area contributed by atoms with Gasteiger partial charge in [-0.15, -0.1) is 6.58 Å². The number of ether oxygens (including phenoxy) is 5. The fourth-order valence-corrected chi connectivity index (χ4v) is 3.07. The standard InChI is InChI=1S/C20H24Cl3NO6/c1-4-10-26-16-15(27-11-14-8-6-5-7-9-14)12(2)28-18(17(16)29-13(3)25)30-19(24)20(21,22)23/h4-9,12,15-18,24H,1,10-11H2,2-3H3/t12-,15-,16+,17-,18-/m1/s1. The maximum absolute atomic E-state index is 11.7. The Kier molecular flexibility index (Phi) is 9.40.